The maximum Gasteiger partial charge on any atom is 0.410 e. The molecule has 8 nitrogen and oxygen atoms in total. The molecular weight excluding hydrogens is 514 g/mol. The minimum atomic E-state index is -1.24. The average molecular weight is 544 g/mol. The fraction of sp³-hybridized carbons (Fsp3) is 0.714. The lowest BCUT2D eigenvalue weighted by Crippen LogP contribution is -2.51. The molecule has 1 saturated carbocycles. The first-order chi connectivity index (χ1) is 14.6. The lowest BCUT2D eigenvalue weighted by molar-refractivity contribution is 0.0125. The standard InChI is InChI=1S/C21H30FIN6O2/c1-5-21(8-6-9-21)17-26-16(23)15-11-24-18(27-29(15)17)25-14-7-10-28(12-13(14)22)19(30)31-20(2,3)4/h11,13-14H,5-10,12H2,1-4H3,(H,25,27)/t13-,14-/m1/s1. The van der Waals surface area contributed by atoms with Gasteiger partial charge in [-0.1, -0.05) is 13.3 Å². The number of alkyl halides is 1. The molecule has 2 fully saturated rings. The van der Waals surface area contributed by atoms with Crippen molar-refractivity contribution in [2.24, 2.45) is 0 Å². The number of rotatable bonds is 4. The third-order valence-electron chi connectivity index (χ3n) is 6.32. The number of nitrogens with one attached hydrogen (secondary N) is 1. The lowest BCUT2D eigenvalue weighted by Gasteiger charge is -2.39. The Bertz CT molecular complexity index is 965. The third kappa shape index (κ3) is 4.45. The molecule has 0 unspecified atom stereocenters. The van der Waals surface area contributed by atoms with Crippen LogP contribution in [0.4, 0.5) is 15.1 Å². The molecule has 10 heteroatoms. The summed E-state index contributed by atoms with van der Waals surface area (Å²) in [6.07, 6.45) is 4.93. The van der Waals surface area contributed by atoms with Crippen LogP contribution in [0.3, 0.4) is 0 Å². The molecule has 4 rings (SSSR count). The number of imidazole rings is 1. The maximum atomic E-state index is 14.9. The van der Waals surface area contributed by atoms with Crippen LogP contribution in [0.2, 0.25) is 0 Å². The third-order valence-corrected chi connectivity index (χ3v) is 7.11. The first kappa shape index (κ1) is 22.5. The Hall–Kier alpha value is -1.72. The van der Waals surface area contributed by atoms with Gasteiger partial charge in [-0.05, 0) is 69.0 Å². The van der Waals surface area contributed by atoms with E-state index in [1.807, 2.05) is 4.52 Å². The highest BCUT2D eigenvalue weighted by molar-refractivity contribution is 14.1. The molecule has 2 atom stereocenters. The summed E-state index contributed by atoms with van der Waals surface area (Å²) >= 11 is 2.22. The molecule has 170 valence electrons. The zero-order valence-electron chi connectivity index (χ0n) is 18.5. The number of hydrogen-bond acceptors (Lipinski definition) is 6. The molecule has 1 N–H and O–H groups in total. The van der Waals surface area contributed by atoms with Gasteiger partial charge in [0, 0.05) is 12.0 Å². The Morgan fingerprint density at radius 2 is 2.16 bits per heavy atom. The van der Waals surface area contributed by atoms with Crippen molar-refractivity contribution >= 4 is 40.1 Å². The molecule has 2 aromatic heterocycles. The monoisotopic (exact) mass is 544 g/mol. The number of likely N-dealkylation sites (tertiary alicyclic amines) is 1. The van der Waals surface area contributed by atoms with Crippen molar-refractivity contribution < 1.29 is 13.9 Å². The van der Waals surface area contributed by atoms with Gasteiger partial charge in [0.2, 0.25) is 5.95 Å². The van der Waals surface area contributed by atoms with Gasteiger partial charge in [0.25, 0.3) is 0 Å². The zero-order valence-corrected chi connectivity index (χ0v) is 20.6. The second-order valence-electron chi connectivity index (χ2n) is 9.57. The van der Waals surface area contributed by atoms with Crippen LogP contribution in [-0.4, -0.2) is 61.5 Å². The minimum absolute atomic E-state index is 0.0119. The van der Waals surface area contributed by atoms with Crippen LogP contribution >= 0.6 is 22.6 Å². The number of ether oxygens (including phenoxy) is 1. The molecule has 3 heterocycles. The number of hydrogen-bond donors (Lipinski definition) is 1. The van der Waals surface area contributed by atoms with Gasteiger partial charge < -0.3 is 15.0 Å². The summed E-state index contributed by atoms with van der Waals surface area (Å²) in [5.74, 6) is 1.36. The fourth-order valence-electron chi connectivity index (χ4n) is 4.32. The molecular formula is C21H30FIN6O2. The maximum absolute atomic E-state index is 14.9. The Balaban J connectivity index is 1.49. The van der Waals surface area contributed by atoms with Crippen LogP contribution in [0, 0.1) is 3.70 Å². The lowest BCUT2D eigenvalue weighted by atomic mass is 9.66. The van der Waals surface area contributed by atoms with E-state index in [0.717, 1.165) is 34.3 Å². The largest absolute Gasteiger partial charge is 0.444 e. The van der Waals surface area contributed by atoms with E-state index in [4.69, 9.17) is 9.72 Å². The number of amides is 1. The zero-order chi connectivity index (χ0) is 22.4. The molecule has 1 aliphatic carbocycles. The topological polar surface area (TPSA) is 84.7 Å². The Morgan fingerprint density at radius 1 is 1.42 bits per heavy atom. The van der Waals surface area contributed by atoms with Crippen LogP contribution in [0.25, 0.3) is 5.52 Å². The van der Waals surface area contributed by atoms with Crippen LogP contribution in [0.5, 0.6) is 0 Å². The van der Waals surface area contributed by atoms with Crippen LogP contribution in [0.15, 0.2) is 6.20 Å². The smallest absolute Gasteiger partial charge is 0.410 e. The number of carbonyl (C=O) groups is 1. The quantitative estimate of drug-likeness (QED) is 0.578. The summed E-state index contributed by atoms with van der Waals surface area (Å²) in [6, 6.07) is -0.467. The van der Waals surface area contributed by atoms with Gasteiger partial charge in [-0.2, -0.15) is 0 Å². The molecule has 31 heavy (non-hydrogen) atoms. The molecule has 2 aliphatic rings. The van der Waals surface area contributed by atoms with E-state index in [-0.39, 0.29) is 12.0 Å². The summed E-state index contributed by atoms with van der Waals surface area (Å²) in [5, 5.41) is 7.82. The number of fused-ring (bicyclic) bond motifs is 1. The van der Waals surface area contributed by atoms with Crippen molar-refractivity contribution in [1.82, 2.24) is 24.5 Å². The van der Waals surface area contributed by atoms with Crippen molar-refractivity contribution in [3.8, 4) is 0 Å². The first-order valence-corrected chi connectivity index (χ1v) is 12.0. The highest BCUT2D eigenvalue weighted by atomic mass is 127. The molecule has 1 saturated heterocycles. The van der Waals surface area contributed by atoms with E-state index in [9.17, 15) is 9.18 Å². The van der Waals surface area contributed by atoms with Crippen molar-refractivity contribution in [2.75, 3.05) is 18.4 Å². The summed E-state index contributed by atoms with van der Waals surface area (Å²) in [6.45, 7) is 8.01. The number of halogens is 2. The van der Waals surface area contributed by atoms with Crippen molar-refractivity contribution in [3.05, 3.63) is 15.7 Å². The summed E-state index contributed by atoms with van der Waals surface area (Å²) in [7, 11) is 0. The van der Waals surface area contributed by atoms with Gasteiger partial charge in [0.1, 0.15) is 26.8 Å². The number of carbonyl (C=O) groups excluding carboxylic acids is 1. The molecule has 1 amide bonds. The fourth-order valence-corrected chi connectivity index (χ4v) is 4.92. The first-order valence-electron chi connectivity index (χ1n) is 10.9. The van der Waals surface area contributed by atoms with Crippen molar-refractivity contribution in [3.63, 3.8) is 0 Å². The minimum Gasteiger partial charge on any atom is -0.444 e. The van der Waals surface area contributed by atoms with Gasteiger partial charge in [0.05, 0.1) is 18.8 Å². The molecule has 1 aliphatic heterocycles. The van der Waals surface area contributed by atoms with Gasteiger partial charge in [-0.15, -0.1) is 5.10 Å². The van der Waals surface area contributed by atoms with Gasteiger partial charge in [0.15, 0.2) is 0 Å². The van der Waals surface area contributed by atoms with Crippen LogP contribution < -0.4 is 5.32 Å². The van der Waals surface area contributed by atoms with Gasteiger partial charge in [-0.25, -0.2) is 23.7 Å². The molecule has 0 bridgehead atoms. The number of aromatic nitrogens is 4. The average Bonchev–Trinajstić information content (AvgIpc) is 2.98. The van der Waals surface area contributed by atoms with Gasteiger partial charge >= 0.3 is 6.09 Å². The Kier molecular flexibility index (Phi) is 6.04. The van der Waals surface area contributed by atoms with Crippen molar-refractivity contribution in [1.29, 1.82) is 0 Å². The Labute approximate surface area is 195 Å². The SMILES string of the molecule is CCC1(c2nc(I)c3cnc(N[C@@H]4CCN(C(=O)OC(C)(C)C)C[C@H]4F)nn23)CCC1. The predicted molar refractivity (Wildman–Crippen MR) is 124 cm³/mol. The normalized spacial score (nSPS) is 23.5. The van der Waals surface area contributed by atoms with E-state index >= 15 is 0 Å². The van der Waals surface area contributed by atoms with E-state index in [0.29, 0.717) is 18.9 Å². The summed E-state index contributed by atoms with van der Waals surface area (Å²) < 4.78 is 23.0. The number of anilines is 1. The summed E-state index contributed by atoms with van der Waals surface area (Å²) in [5.41, 5.74) is 0.342. The van der Waals surface area contributed by atoms with Crippen molar-refractivity contribution in [2.45, 2.75) is 83.0 Å². The highest BCUT2D eigenvalue weighted by Crippen LogP contribution is 2.46. The Morgan fingerprint density at radius 3 is 2.74 bits per heavy atom. The second-order valence-corrected chi connectivity index (χ2v) is 10.6. The summed E-state index contributed by atoms with van der Waals surface area (Å²) in [4.78, 5) is 22.9. The predicted octanol–water partition coefficient (Wildman–Crippen LogP) is 4.32. The molecule has 0 aromatic carbocycles. The molecule has 2 aromatic rings. The van der Waals surface area contributed by atoms with E-state index in [1.54, 1.807) is 27.0 Å². The molecule has 0 spiro atoms. The van der Waals surface area contributed by atoms with E-state index in [1.165, 1.54) is 11.3 Å². The number of nitrogens with zero attached hydrogens (tertiary/aromatic N) is 5. The van der Waals surface area contributed by atoms with E-state index < -0.39 is 23.9 Å². The number of piperidine rings is 1. The van der Waals surface area contributed by atoms with Gasteiger partial charge in [-0.3, -0.25) is 0 Å². The van der Waals surface area contributed by atoms with E-state index in [2.05, 4.69) is 44.9 Å². The molecule has 0 radical (unpaired) electrons. The second kappa shape index (κ2) is 8.32. The highest BCUT2D eigenvalue weighted by Gasteiger charge is 2.41. The van der Waals surface area contributed by atoms with Crippen LogP contribution in [0.1, 0.15) is 65.6 Å². The van der Waals surface area contributed by atoms with Crippen LogP contribution in [-0.2, 0) is 10.2 Å².